The molecule has 2 unspecified atom stereocenters. The number of morpholine rings is 1. The highest BCUT2D eigenvalue weighted by Gasteiger charge is 2.33. The average Bonchev–Trinajstić information content (AvgIpc) is 2.75. The van der Waals surface area contributed by atoms with Crippen LogP contribution in [0.25, 0.3) is 0 Å². The second kappa shape index (κ2) is 5.73. The van der Waals surface area contributed by atoms with Crippen LogP contribution in [0.3, 0.4) is 0 Å². The molecular weight excluding hydrogens is 306 g/mol. The van der Waals surface area contributed by atoms with Gasteiger partial charge in [-0.25, -0.2) is 0 Å². The Morgan fingerprint density at radius 1 is 1.32 bits per heavy atom. The third kappa shape index (κ3) is 3.25. The number of ether oxygens (including phenoxy) is 1. The van der Waals surface area contributed by atoms with E-state index in [2.05, 4.69) is 20.8 Å². The van der Waals surface area contributed by atoms with E-state index < -0.39 is 0 Å². The predicted octanol–water partition coefficient (Wildman–Crippen LogP) is 2.89. The summed E-state index contributed by atoms with van der Waals surface area (Å²) in [6.07, 6.45) is 3.76. The zero-order chi connectivity index (χ0) is 13.2. The molecule has 102 valence electrons. The molecule has 4 heteroatoms. The highest BCUT2D eigenvalue weighted by molar-refractivity contribution is 9.10. The van der Waals surface area contributed by atoms with Gasteiger partial charge in [0.15, 0.2) is 5.78 Å². The van der Waals surface area contributed by atoms with Gasteiger partial charge in [-0.2, -0.15) is 0 Å². The van der Waals surface area contributed by atoms with Gasteiger partial charge in [-0.3, -0.25) is 9.69 Å². The maximum absolute atomic E-state index is 12.1. The molecule has 3 nitrogen and oxygen atoms in total. The average molecular weight is 324 g/mol. The second-order valence-corrected chi connectivity index (χ2v) is 6.32. The first-order chi connectivity index (χ1) is 9.20. The van der Waals surface area contributed by atoms with E-state index in [9.17, 15) is 4.79 Å². The topological polar surface area (TPSA) is 29.5 Å². The second-order valence-electron chi connectivity index (χ2n) is 5.40. The summed E-state index contributed by atoms with van der Waals surface area (Å²) < 4.78 is 6.76. The Hall–Kier alpha value is -0.710. The molecule has 0 amide bonds. The summed E-state index contributed by atoms with van der Waals surface area (Å²) in [5, 5.41) is 0. The van der Waals surface area contributed by atoms with Gasteiger partial charge < -0.3 is 4.74 Å². The van der Waals surface area contributed by atoms with Crippen molar-refractivity contribution < 1.29 is 9.53 Å². The van der Waals surface area contributed by atoms with Crippen molar-refractivity contribution >= 4 is 21.7 Å². The van der Waals surface area contributed by atoms with Crippen LogP contribution in [0.15, 0.2) is 28.7 Å². The van der Waals surface area contributed by atoms with Gasteiger partial charge in [0.1, 0.15) is 0 Å². The van der Waals surface area contributed by atoms with Gasteiger partial charge in [0.2, 0.25) is 0 Å². The first-order valence-corrected chi connectivity index (χ1v) is 7.66. The fourth-order valence-corrected chi connectivity index (χ4v) is 3.35. The molecular formula is C15H18BrNO2. The van der Waals surface area contributed by atoms with E-state index in [1.54, 1.807) is 0 Å². The van der Waals surface area contributed by atoms with Gasteiger partial charge >= 0.3 is 0 Å². The molecule has 19 heavy (non-hydrogen) atoms. The molecule has 1 aromatic carbocycles. The molecule has 2 aliphatic heterocycles. The quantitative estimate of drug-likeness (QED) is 0.798. The summed E-state index contributed by atoms with van der Waals surface area (Å²) in [4.78, 5) is 14.5. The minimum absolute atomic E-state index is 0.222. The molecule has 0 aromatic heterocycles. The van der Waals surface area contributed by atoms with Gasteiger partial charge in [-0.15, -0.1) is 0 Å². The van der Waals surface area contributed by atoms with Gasteiger partial charge in [-0.1, -0.05) is 28.1 Å². The number of carbonyl (C=O) groups excluding carboxylic acids is 1. The Kier molecular flexibility index (Phi) is 4.01. The molecule has 0 aliphatic carbocycles. The van der Waals surface area contributed by atoms with Gasteiger partial charge in [0.05, 0.1) is 12.2 Å². The standard InChI is InChI=1S/C15H18BrNO2/c16-12-3-1-2-11(8-12)15(18)6-7-17-9-13-4-5-14(10-17)19-13/h1-3,8,13-14H,4-7,9-10H2. The van der Waals surface area contributed by atoms with Crippen LogP contribution < -0.4 is 0 Å². The SMILES string of the molecule is O=C(CCN1CC2CCC(C1)O2)c1cccc(Br)c1. The molecule has 0 radical (unpaired) electrons. The summed E-state index contributed by atoms with van der Waals surface area (Å²) in [5.41, 5.74) is 0.797. The summed E-state index contributed by atoms with van der Waals surface area (Å²) in [5.74, 6) is 0.222. The van der Waals surface area contributed by atoms with Crippen molar-refractivity contribution in [3.8, 4) is 0 Å². The number of hydrogen-bond acceptors (Lipinski definition) is 3. The first-order valence-electron chi connectivity index (χ1n) is 6.87. The van der Waals surface area contributed by atoms with Crippen LogP contribution in [0.4, 0.5) is 0 Å². The lowest BCUT2D eigenvalue weighted by Crippen LogP contribution is -2.43. The van der Waals surface area contributed by atoms with Gasteiger partial charge in [0, 0.05) is 36.1 Å². The van der Waals surface area contributed by atoms with E-state index >= 15 is 0 Å². The number of rotatable bonds is 4. The molecule has 2 aliphatic rings. The van der Waals surface area contributed by atoms with E-state index in [0.717, 1.165) is 29.7 Å². The number of halogens is 1. The zero-order valence-corrected chi connectivity index (χ0v) is 12.4. The normalized spacial score (nSPS) is 26.6. The highest BCUT2D eigenvalue weighted by Crippen LogP contribution is 2.26. The van der Waals surface area contributed by atoms with Crippen LogP contribution in [0.2, 0.25) is 0 Å². The summed E-state index contributed by atoms with van der Waals surface area (Å²) >= 11 is 3.40. The van der Waals surface area contributed by atoms with E-state index in [1.807, 2.05) is 24.3 Å². The van der Waals surface area contributed by atoms with Crippen LogP contribution in [0, 0.1) is 0 Å². The first kappa shape index (κ1) is 13.3. The van der Waals surface area contributed by atoms with Crippen molar-refractivity contribution in [3.63, 3.8) is 0 Å². The molecule has 2 heterocycles. The van der Waals surface area contributed by atoms with Crippen LogP contribution in [-0.2, 0) is 4.74 Å². The molecule has 3 rings (SSSR count). The van der Waals surface area contributed by atoms with Crippen molar-refractivity contribution in [1.29, 1.82) is 0 Å². The maximum Gasteiger partial charge on any atom is 0.164 e. The number of benzene rings is 1. The molecule has 2 saturated heterocycles. The van der Waals surface area contributed by atoms with E-state index in [-0.39, 0.29) is 5.78 Å². The summed E-state index contributed by atoms with van der Waals surface area (Å²) in [6, 6.07) is 7.63. The predicted molar refractivity (Wildman–Crippen MR) is 77.4 cm³/mol. The highest BCUT2D eigenvalue weighted by atomic mass is 79.9. The fourth-order valence-electron chi connectivity index (χ4n) is 2.95. The monoisotopic (exact) mass is 323 g/mol. The van der Waals surface area contributed by atoms with E-state index in [0.29, 0.717) is 18.6 Å². The largest absolute Gasteiger partial charge is 0.372 e. The van der Waals surface area contributed by atoms with Crippen LogP contribution in [0.1, 0.15) is 29.6 Å². The number of fused-ring (bicyclic) bond motifs is 2. The van der Waals surface area contributed by atoms with Crippen molar-refractivity contribution in [2.24, 2.45) is 0 Å². The molecule has 2 fully saturated rings. The third-order valence-corrected chi connectivity index (χ3v) is 4.41. The minimum atomic E-state index is 0.222. The van der Waals surface area contributed by atoms with Crippen molar-refractivity contribution in [3.05, 3.63) is 34.3 Å². The lowest BCUT2D eigenvalue weighted by atomic mass is 10.1. The number of Topliss-reactive ketones (excluding diaryl/α,β-unsaturated/α-hetero) is 1. The van der Waals surface area contributed by atoms with Crippen LogP contribution in [-0.4, -0.2) is 42.5 Å². The zero-order valence-electron chi connectivity index (χ0n) is 10.8. The Morgan fingerprint density at radius 2 is 2.05 bits per heavy atom. The lowest BCUT2D eigenvalue weighted by molar-refractivity contribution is -0.0379. The number of nitrogens with zero attached hydrogens (tertiary/aromatic N) is 1. The smallest absolute Gasteiger partial charge is 0.164 e. The van der Waals surface area contributed by atoms with E-state index in [4.69, 9.17) is 4.74 Å². The number of ketones is 1. The summed E-state index contributed by atoms with van der Waals surface area (Å²) in [6.45, 7) is 2.83. The Bertz CT molecular complexity index is 465. The molecule has 2 bridgehead atoms. The van der Waals surface area contributed by atoms with Crippen molar-refractivity contribution in [1.82, 2.24) is 4.90 Å². The molecule has 2 atom stereocenters. The Morgan fingerprint density at radius 3 is 2.74 bits per heavy atom. The molecule has 0 saturated carbocycles. The van der Waals surface area contributed by atoms with Gasteiger partial charge in [0.25, 0.3) is 0 Å². The van der Waals surface area contributed by atoms with Crippen molar-refractivity contribution in [2.45, 2.75) is 31.5 Å². The fraction of sp³-hybridized carbons (Fsp3) is 0.533. The number of hydrogen-bond donors (Lipinski definition) is 0. The molecule has 0 N–H and O–H groups in total. The van der Waals surface area contributed by atoms with Crippen LogP contribution in [0.5, 0.6) is 0 Å². The minimum Gasteiger partial charge on any atom is -0.372 e. The Balaban J connectivity index is 1.53. The number of likely N-dealkylation sites (tertiary alicyclic amines) is 1. The van der Waals surface area contributed by atoms with Crippen LogP contribution >= 0.6 is 15.9 Å². The molecule has 1 aromatic rings. The third-order valence-electron chi connectivity index (χ3n) is 3.92. The lowest BCUT2D eigenvalue weighted by Gasteiger charge is -2.31. The molecule has 0 spiro atoms. The number of carbonyl (C=O) groups is 1. The van der Waals surface area contributed by atoms with Crippen molar-refractivity contribution in [2.75, 3.05) is 19.6 Å². The summed E-state index contributed by atoms with van der Waals surface area (Å²) in [7, 11) is 0. The Labute approximate surface area is 122 Å². The van der Waals surface area contributed by atoms with E-state index in [1.165, 1.54) is 12.8 Å². The van der Waals surface area contributed by atoms with Gasteiger partial charge in [-0.05, 0) is 25.0 Å². The maximum atomic E-state index is 12.1.